The van der Waals surface area contributed by atoms with Gasteiger partial charge in [-0.25, -0.2) is 5.10 Å². The van der Waals surface area contributed by atoms with Gasteiger partial charge in [0.15, 0.2) is 0 Å². The van der Waals surface area contributed by atoms with Gasteiger partial charge in [0, 0.05) is 4.88 Å². The van der Waals surface area contributed by atoms with Crippen LogP contribution in [-0.2, 0) is 17.6 Å². The number of amides is 1. The van der Waals surface area contributed by atoms with Crippen LogP contribution in [0.25, 0.3) is 0 Å². The van der Waals surface area contributed by atoms with Gasteiger partial charge in [-0.2, -0.15) is 10.2 Å². The first-order chi connectivity index (χ1) is 12.3. The molecule has 1 amide bonds. The van der Waals surface area contributed by atoms with E-state index in [1.807, 2.05) is 0 Å². The highest BCUT2D eigenvalue weighted by atomic mass is 32.2. The number of nitriles is 1. The molecule has 4 N–H and O–H groups in total. The summed E-state index contributed by atoms with van der Waals surface area (Å²) >= 11 is 2.74. The van der Waals surface area contributed by atoms with Crippen molar-refractivity contribution in [3.8, 4) is 6.07 Å². The number of thioether (sulfide) groups is 1. The number of nitrogen functional groups attached to an aromatic ring is 1. The molecule has 2 aromatic heterocycles. The zero-order valence-corrected chi connectivity index (χ0v) is 16.7. The number of thiophene rings is 1. The Morgan fingerprint density at radius 3 is 2.92 bits per heavy atom. The van der Waals surface area contributed by atoms with Gasteiger partial charge in [-0.1, -0.05) is 32.5 Å². The molecule has 0 spiro atoms. The minimum atomic E-state index is -0.180. The van der Waals surface area contributed by atoms with E-state index in [0.717, 1.165) is 24.8 Å². The molecule has 0 saturated heterocycles. The summed E-state index contributed by atoms with van der Waals surface area (Å²) in [6, 6.07) is 2.28. The molecule has 0 aromatic carbocycles. The normalized spacial score (nSPS) is 16.8. The van der Waals surface area contributed by atoms with E-state index >= 15 is 0 Å². The van der Waals surface area contributed by atoms with Crippen LogP contribution in [0.4, 0.5) is 10.9 Å². The van der Waals surface area contributed by atoms with E-state index in [2.05, 4.69) is 47.3 Å². The predicted molar refractivity (Wildman–Crippen MR) is 104 cm³/mol. The summed E-state index contributed by atoms with van der Waals surface area (Å²) in [7, 11) is 0. The lowest BCUT2D eigenvalue weighted by atomic mass is 9.72. The summed E-state index contributed by atoms with van der Waals surface area (Å²) in [5, 5.41) is 20.0. The fraction of sp³-hybridized carbons (Fsp3) is 0.529. The number of rotatable bonds is 4. The average Bonchev–Trinajstić information content (AvgIpc) is 3.14. The fourth-order valence-corrected chi connectivity index (χ4v) is 5.05. The van der Waals surface area contributed by atoms with Crippen molar-refractivity contribution in [1.29, 1.82) is 5.26 Å². The van der Waals surface area contributed by atoms with E-state index in [1.54, 1.807) is 0 Å². The second-order valence-electron chi connectivity index (χ2n) is 7.47. The molecule has 9 heteroatoms. The number of nitrogens with zero attached hydrogens (tertiary/aromatic N) is 3. The SMILES string of the molecule is CC(C)(C)[C@@H]1CCc2c(sc(NC(=O)CSc3n[nH]c(N)n3)c2C#N)C1. The van der Waals surface area contributed by atoms with Crippen molar-refractivity contribution in [2.24, 2.45) is 11.3 Å². The molecule has 0 fully saturated rings. The third-order valence-electron chi connectivity index (χ3n) is 4.67. The van der Waals surface area contributed by atoms with Gasteiger partial charge >= 0.3 is 0 Å². The van der Waals surface area contributed by atoms with Gasteiger partial charge < -0.3 is 11.1 Å². The Bertz CT molecular complexity index is 858. The van der Waals surface area contributed by atoms with Crippen molar-refractivity contribution < 1.29 is 4.79 Å². The number of fused-ring (bicyclic) bond motifs is 1. The predicted octanol–water partition coefficient (Wildman–Crippen LogP) is 3.20. The number of nitrogens with one attached hydrogen (secondary N) is 2. The summed E-state index contributed by atoms with van der Waals surface area (Å²) in [6.07, 6.45) is 2.95. The number of H-pyrrole nitrogens is 1. The quantitative estimate of drug-likeness (QED) is 0.689. The van der Waals surface area contributed by atoms with Crippen LogP contribution < -0.4 is 11.1 Å². The van der Waals surface area contributed by atoms with Gasteiger partial charge in [0.25, 0.3) is 0 Å². The molecule has 7 nitrogen and oxygen atoms in total. The molecule has 1 atom stereocenters. The molecule has 2 heterocycles. The van der Waals surface area contributed by atoms with E-state index in [9.17, 15) is 10.1 Å². The van der Waals surface area contributed by atoms with E-state index in [0.29, 0.717) is 21.6 Å². The molecule has 0 unspecified atom stereocenters. The van der Waals surface area contributed by atoms with Crippen molar-refractivity contribution in [3.05, 3.63) is 16.0 Å². The number of carbonyl (C=O) groups excluding carboxylic acids is 1. The molecule has 0 bridgehead atoms. The molecule has 138 valence electrons. The second-order valence-corrected chi connectivity index (χ2v) is 9.51. The Labute approximate surface area is 160 Å². The molecule has 3 rings (SSSR count). The highest BCUT2D eigenvalue weighted by Crippen LogP contribution is 2.44. The summed E-state index contributed by atoms with van der Waals surface area (Å²) in [5.74, 6) is 0.797. The first-order valence-corrected chi connectivity index (χ1v) is 10.2. The van der Waals surface area contributed by atoms with Crippen molar-refractivity contribution in [1.82, 2.24) is 15.2 Å². The van der Waals surface area contributed by atoms with Crippen LogP contribution >= 0.6 is 23.1 Å². The number of hydrogen-bond donors (Lipinski definition) is 3. The third-order valence-corrected chi connectivity index (χ3v) is 6.69. The smallest absolute Gasteiger partial charge is 0.235 e. The topological polar surface area (TPSA) is 120 Å². The van der Waals surface area contributed by atoms with E-state index < -0.39 is 0 Å². The lowest BCUT2D eigenvalue weighted by molar-refractivity contribution is -0.113. The zero-order chi connectivity index (χ0) is 18.9. The number of aromatic amines is 1. The van der Waals surface area contributed by atoms with Crippen LogP contribution in [0.5, 0.6) is 0 Å². The van der Waals surface area contributed by atoms with Gasteiger partial charge in [0.1, 0.15) is 11.1 Å². The average molecular weight is 391 g/mol. The number of nitrogens with two attached hydrogens (primary N) is 1. The Balaban J connectivity index is 1.70. The molecule has 26 heavy (non-hydrogen) atoms. The van der Waals surface area contributed by atoms with Crippen LogP contribution in [0.1, 0.15) is 43.2 Å². The van der Waals surface area contributed by atoms with Crippen molar-refractivity contribution in [2.75, 3.05) is 16.8 Å². The van der Waals surface area contributed by atoms with Crippen LogP contribution in [0.3, 0.4) is 0 Å². The van der Waals surface area contributed by atoms with Gasteiger partial charge in [-0.15, -0.1) is 16.4 Å². The number of anilines is 2. The summed E-state index contributed by atoms with van der Waals surface area (Å²) in [4.78, 5) is 17.5. The fourth-order valence-electron chi connectivity index (χ4n) is 3.15. The Hall–Kier alpha value is -2.05. The Kier molecular flexibility index (Phi) is 5.25. The number of carbonyl (C=O) groups is 1. The van der Waals surface area contributed by atoms with Gasteiger partial charge in [0.2, 0.25) is 17.0 Å². The highest BCUT2D eigenvalue weighted by Gasteiger charge is 2.32. The molecule has 2 aromatic rings. The van der Waals surface area contributed by atoms with E-state index in [1.165, 1.54) is 28.0 Å². The highest BCUT2D eigenvalue weighted by molar-refractivity contribution is 7.99. The maximum absolute atomic E-state index is 12.3. The van der Waals surface area contributed by atoms with Crippen LogP contribution in [0, 0.1) is 22.7 Å². The van der Waals surface area contributed by atoms with Crippen LogP contribution in [0.2, 0.25) is 0 Å². The summed E-state index contributed by atoms with van der Waals surface area (Å²) in [5.41, 5.74) is 7.45. The molecular weight excluding hydrogens is 368 g/mol. The van der Waals surface area contributed by atoms with Crippen molar-refractivity contribution >= 4 is 40.0 Å². The van der Waals surface area contributed by atoms with E-state index in [-0.39, 0.29) is 23.0 Å². The molecular formula is C17H22N6OS2. The minimum absolute atomic E-state index is 0.162. The largest absolute Gasteiger partial charge is 0.368 e. The Morgan fingerprint density at radius 2 is 2.31 bits per heavy atom. The summed E-state index contributed by atoms with van der Waals surface area (Å²) in [6.45, 7) is 6.78. The Morgan fingerprint density at radius 1 is 1.54 bits per heavy atom. The molecule has 0 aliphatic heterocycles. The van der Waals surface area contributed by atoms with Gasteiger partial charge in [-0.05, 0) is 36.2 Å². The number of aromatic nitrogens is 3. The second kappa shape index (κ2) is 7.29. The standard InChI is InChI=1S/C17H22N6OS2/c1-17(2,3)9-4-5-10-11(7-18)14(26-12(10)6-9)20-13(24)8-25-16-21-15(19)22-23-16/h9H,4-6,8H2,1-3H3,(H,20,24)(H3,19,21,22,23)/t9-/m1/s1. The molecule has 1 aliphatic carbocycles. The first kappa shape index (κ1) is 18.7. The maximum Gasteiger partial charge on any atom is 0.235 e. The lowest BCUT2D eigenvalue weighted by Crippen LogP contribution is -2.26. The summed E-state index contributed by atoms with van der Waals surface area (Å²) < 4.78 is 0. The van der Waals surface area contributed by atoms with E-state index in [4.69, 9.17) is 5.73 Å². The van der Waals surface area contributed by atoms with Gasteiger partial charge in [0.05, 0.1) is 11.3 Å². The van der Waals surface area contributed by atoms with Crippen LogP contribution in [0.15, 0.2) is 5.16 Å². The number of hydrogen-bond acceptors (Lipinski definition) is 7. The monoisotopic (exact) mass is 390 g/mol. The maximum atomic E-state index is 12.3. The molecule has 0 radical (unpaired) electrons. The van der Waals surface area contributed by atoms with Crippen molar-refractivity contribution in [2.45, 2.75) is 45.2 Å². The lowest BCUT2D eigenvalue weighted by Gasteiger charge is -2.33. The molecule has 0 saturated carbocycles. The minimum Gasteiger partial charge on any atom is -0.368 e. The first-order valence-electron chi connectivity index (χ1n) is 8.43. The van der Waals surface area contributed by atoms with Crippen LogP contribution in [-0.4, -0.2) is 26.8 Å². The zero-order valence-electron chi connectivity index (χ0n) is 15.0. The molecule has 1 aliphatic rings. The van der Waals surface area contributed by atoms with Gasteiger partial charge in [-0.3, -0.25) is 4.79 Å². The third kappa shape index (κ3) is 4.02. The van der Waals surface area contributed by atoms with Crippen molar-refractivity contribution in [3.63, 3.8) is 0 Å².